The molecule has 0 aromatic rings. The average Bonchev–Trinajstić information content (AvgIpc) is 3.20. The van der Waals surface area contributed by atoms with E-state index in [1.807, 2.05) is 0 Å². The Bertz CT molecular complexity index is 470. The first kappa shape index (κ1) is 16.3. The van der Waals surface area contributed by atoms with Gasteiger partial charge in [-0.1, -0.05) is 0 Å². The highest BCUT2D eigenvalue weighted by Gasteiger charge is 2.70. The molecule has 0 amide bonds. The number of quaternary nitrogens is 2. The first-order valence-corrected chi connectivity index (χ1v) is 9.90. The predicted octanol–water partition coefficient (Wildman–Crippen LogP) is 1.36. The first-order valence-electron chi connectivity index (χ1n) is 9.90. The number of hydrogen-bond donors (Lipinski definition) is 2. The van der Waals surface area contributed by atoms with Crippen LogP contribution in [-0.2, 0) is 0 Å². The smallest absolute Gasteiger partial charge is 0.150 e. The molecule has 0 radical (unpaired) electrons. The molecule has 2 aliphatic heterocycles. The Labute approximate surface area is 141 Å². The summed E-state index contributed by atoms with van der Waals surface area (Å²) in [5.74, 6) is 0.828. The van der Waals surface area contributed by atoms with Gasteiger partial charge in [0.25, 0.3) is 0 Å². The van der Waals surface area contributed by atoms with Crippen LogP contribution in [0.2, 0.25) is 0 Å². The molecular formula is C19H36N2O2+2. The van der Waals surface area contributed by atoms with Crippen molar-refractivity contribution in [2.45, 2.75) is 56.1 Å². The number of rotatable bonds is 4. The van der Waals surface area contributed by atoms with Crippen LogP contribution >= 0.6 is 0 Å². The van der Waals surface area contributed by atoms with Crippen molar-refractivity contribution < 1.29 is 19.2 Å². The normalized spacial score (nSPS) is 47.5. The highest BCUT2D eigenvalue weighted by Crippen LogP contribution is 2.58. The van der Waals surface area contributed by atoms with Gasteiger partial charge in [0.05, 0.1) is 52.4 Å². The maximum atomic E-state index is 11.8. The van der Waals surface area contributed by atoms with E-state index in [2.05, 4.69) is 14.1 Å². The molecule has 2 saturated heterocycles. The summed E-state index contributed by atoms with van der Waals surface area (Å²) in [7, 11) is 4.67. The Kier molecular flexibility index (Phi) is 3.67. The molecule has 2 N–H and O–H groups in total. The number of hydrogen-bond acceptors (Lipinski definition) is 2. The molecule has 23 heavy (non-hydrogen) atoms. The summed E-state index contributed by atoms with van der Waals surface area (Å²) in [6.07, 6.45) is 7.96. The van der Waals surface area contributed by atoms with Crippen LogP contribution in [-0.4, -0.2) is 83.7 Å². The van der Waals surface area contributed by atoms with Crippen LogP contribution < -0.4 is 0 Å². The highest BCUT2D eigenvalue weighted by molar-refractivity contribution is 5.17. The van der Waals surface area contributed by atoms with Crippen molar-refractivity contribution >= 4 is 0 Å². The van der Waals surface area contributed by atoms with Crippen molar-refractivity contribution in [1.82, 2.24) is 0 Å². The van der Waals surface area contributed by atoms with Gasteiger partial charge in [-0.05, 0) is 25.2 Å². The minimum atomic E-state index is -0.862. The van der Waals surface area contributed by atoms with E-state index in [4.69, 9.17) is 0 Å². The van der Waals surface area contributed by atoms with Gasteiger partial charge in [0.1, 0.15) is 6.54 Å². The van der Waals surface area contributed by atoms with Crippen molar-refractivity contribution in [2.75, 3.05) is 53.4 Å². The van der Waals surface area contributed by atoms with Gasteiger partial charge in [-0.15, -0.1) is 0 Å². The van der Waals surface area contributed by atoms with Gasteiger partial charge in [0, 0.05) is 31.6 Å². The third-order valence-electron chi connectivity index (χ3n) is 8.07. The lowest BCUT2D eigenvalue weighted by molar-refractivity contribution is -0.913. The van der Waals surface area contributed by atoms with Crippen LogP contribution in [0.1, 0.15) is 44.9 Å². The van der Waals surface area contributed by atoms with E-state index >= 15 is 0 Å². The fourth-order valence-electron chi connectivity index (χ4n) is 6.69. The molecular weight excluding hydrogens is 288 g/mol. The molecule has 4 heteroatoms. The number of nitrogens with zero attached hydrogens (tertiary/aromatic N) is 2. The van der Waals surface area contributed by atoms with E-state index < -0.39 is 11.2 Å². The molecule has 2 heterocycles. The van der Waals surface area contributed by atoms with Gasteiger partial charge in [0.2, 0.25) is 0 Å². The minimum absolute atomic E-state index is 0.292. The Hall–Kier alpha value is -0.160. The van der Waals surface area contributed by atoms with Gasteiger partial charge in [-0.25, -0.2) is 0 Å². The fraction of sp³-hybridized carbons (Fsp3) is 1.00. The SMILES string of the molecule is C[N+]1(CC2C3CCC(O)(C3)C2(O)C[N+]2(C)CCCC2)CCCC1. The lowest BCUT2D eigenvalue weighted by Crippen LogP contribution is -2.67. The Balaban J connectivity index is 1.60. The zero-order valence-electron chi connectivity index (χ0n) is 15.1. The van der Waals surface area contributed by atoms with Crippen LogP contribution in [0.25, 0.3) is 0 Å². The number of fused-ring (bicyclic) bond motifs is 2. The van der Waals surface area contributed by atoms with E-state index in [1.54, 1.807) is 0 Å². The second-order valence-electron chi connectivity index (χ2n) is 9.95. The standard InChI is InChI=1S/C19H36N2O2/c1-20(9-3-4-10-20)14-17-16-7-8-18(22,13-16)19(17,23)15-21(2)11-5-6-12-21/h16-17,22-23H,3-15H2,1-2H3/q+2. The molecule has 0 aromatic heterocycles. The fourth-order valence-corrected chi connectivity index (χ4v) is 6.69. The van der Waals surface area contributed by atoms with E-state index in [-0.39, 0.29) is 0 Å². The first-order chi connectivity index (χ1) is 10.8. The molecule has 2 saturated carbocycles. The van der Waals surface area contributed by atoms with Crippen LogP contribution in [0.5, 0.6) is 0 Å². The topological polar surface area (TPSA) is 40.5 Å². The molecule has 4 rings (SSSR count). The molecule has 0 aromatic carbocycles. The quantitative estimate of drug-likeness (QED) is 0.767. The molecule has 4 aliphatic rings. The molecule has 0 spiro atoms. The summed E-state index contributed by atoms with van der Waals surface area (Å²) in [6, 6.07) is 0. The zero-order chi connectivity index (χ0) is 16.3. The summed E-state index contributed by atoms with van der Waals surface area (Å²) >= 11 is 0. The molecule has 132 valence electrons. The Morgan fingerprint density at radius 1 is 0.913 bits per heavy atom. The number of likely N-dealkylation sites (N-methyl/N-ethyl adjacent to an activating group) is 1. The minimum Gasteiger partial charge on any atom is -0.387 e. The number of aliphatic hydroxyl groups is 2. The number of likely N-dealkylation sites (tertiary alicyclic amines) is 2. The van der Waals surface area contributed by atoms with Crippen molar-refractivity contribution in [2.24, 2.45) is 11.8 Å². The lowest BCUT2D eigenvalue weighted by atomic mass is 9.72. The second kappa shape index (κ2) is 5.17. The predicted molar refractivity (Wildman–Crippen MR) is 90.8 cm³/mol. The summed E-state index contributed by atoms with van der Waals surface area (Å²) in [6.45, 7) is 6.69. The van der Waals surface area contributed by atoms with Crippen LogP contribution in [0, 0.1) is 11.8 Å². The van der Waals surface area contributed by atoms with Gasteiger partial charge in [-0.2, -0.15) is 0 Å². The van der Waals surface area contributed by atoms with Gasteiger partial charge >= 0.3 is 0 Å². The van der Waals surface area contributed by atoms with Crippen molar-refractivity contribution in [3.63, 3.8) is 0 Å². The zero-order valence-corrected chi connectivity index (χ0v) is 15.1. The van der Waals surface area contributed by atoms with Crippen molar-refractivity contribution in [1.29, 1.82) is 0 Å². The third kappa shape index (κ3) is 2.48. The Morgan fingerprint density at radius 3 is 2.09 bits per heavy atom. The summed E-state index contributed by atoms with van der Waals surface area (Å²) < 4.78 is 2.08. The lowest BCUT2D eigenvalue weighted by Gasteiger charge is -2.49. The summed E-state index contributed by atoms with van der Waals surface area (Å²) in [5.41, 5.74) is -1.68. The summed E-state index contributed by atoms with van der Waals surface area (Å²) in [4.78, 5) is 0. The van der Waals surface area contributed by atoms with Crippen LogP contribution in [0.15, 0.2) is 0 Å². The maximum Gasteiger partial charge on any atom is 0.150 e. The van der Waals surface area contributed by atoms with Gasteiger partial charge in [-0.3, -0.25) is 0 Å². The second-order valence-corrected chi connectivity index (χ2v) is 9.95. The van der Waals surface area contributed by atoms with Gasteiger partial charge in [0.15, 0.2) is 5.60 Å². The van der Waals surface area contributed by atoms with Gasteiger partial charge < -0.3 is 19.2 Å². The van der Waals surface area contributed by atoms with E-state index in [0.717, 1.165) is 41.3 Å². The highest BCUT2D eigenvalue weighted by atomic mass is 16.4. The van der Waals surface area contributed by atoms with E-state index in [1.165, 1.54) is 51.9 Å². The molecule has 4 fully saturated rings. The molecule has 2 bridgehead atoms. The Morgan fingerprint density at radius 2 is 1.48 bits per heavy atom. The molecule has 4 nitrogen and oxygen atoms in total. The third-order valence-corrected chi connectivity index (χ3v) is 8.07. The van der Waals surface area contributed by atoms with Crippen LogP contribution in [0.3, 0.4) is 0 Å². The van der Waals surface area contributed by atoms with E-state index in [9.17, 15) is 10.2 Å². The summed E-state index contributed by atoms with van der Waals surface area (Å²) in [5, 5.41) is 23.1. The van der Waals surface area contributed by atoms with Crippen molar-refractivity contribution in [3.8, 4) is 0 Å². The maximum absolute atomic E-state index is 11.8. The molecule has 2 aliphatic carbocycles. The average molecular weight is 325 g/mol. The van der Waals surface area contributed by atoms with E-state index in [0.29, 0.717) is 11.8 Å². The van der Waals surface area contributed by atoms with Crippen molar-refractivity contribution in [3.05, 3.63) is 0 Å². The molecule has 4 unspecified atom stereocenters. The molecule has 4 atom stereocenters. The van der Waals surface area contributed by atoms with Crippen LogP contribution in [0.4, 0.5) is 0 Å². The largest absolute Gasteiger partial charge is 0.387 e. The monoisotopic (exact) mass is 324 g/mol.